The monoisotopic (exact) mass is 310 g/mol. The molecule has 0 aliphatic carbocycles. The van der Waals surface area contributed by atoms with E-state index in [1.165, 1.54) is 0 Å². The van der Waals surface area contributed by atoms with Crippen LogP contribution in [0, 0.1) is 0 Å². The lowest BCUT2D eigenvalue weighted by Crippen LogP contribution is -2.46. The Balaban J connectivity index is 2.06. The molecule has 1 amide bonds. The average Bonchev–Trinajstić information content (AvgIpc) is 2.93. The van der Waals surface area contributed by atoms with Crippen molar-refractivity contribution in [3.05, 3.63) is 34.9 Å². The topological polar surface area (TPSA) is 41.6 Å². The van der Waals surface area contributed by atoms with Crippen molar-refractivity contribution in [2.24, 2.45) is 0 Å². The highest BCUT2D eigenvalue weighted by molar-refractivity contribution is 6.30. The number of ether oxygens (including phenoxy) is 1. The van der Waals surface area contributed by atoms with Crippen molar-refractivity contribution in [1.29, 1.82) is 0 Å². The van der Waals surface area contributed by atoms with E-state index in [2.05, 4.69) is 5.32 Å². The largest absolute Gasteiger partial charge is 0.380 e. The second-order valence-corrected chi connectivity index (χ2v) is 6.18. The van der Waals surface area contributed by atoms with Gasteiger partial charge >= 0.3 is 0 Å². The average molecular weight is 311 g/mol. The van der Waals surface area contributed by atoms with E-state index in [0.717, 1.165) is 18.5 Å². The summed E-state index contributed by atoms with van der Waals surface area (Å²) in [5, 5.41) is 3.94. The van der Waals surface area contributed by atoms with Gasteiger partial charge in [-0.2, -0.15) is 0 Å². The first-order chi connectivity index (χ1) is 10.0. The van der Waals surface area contributed by atoms with Gasteiger partial charge in [0.1, 0.15) is 0 Å². The fourth-order valence-electron chi connectivity index (χ4n) is 2.62. The van der Waals surface area contributed by atoms with Gasteiger partial charge in [0.15, 0.2) is 0 Å². The van der Waals surface area contributed by atoms with Crippen LogP contribution in [-0.4, -0.2) is 42.6 Å². The number of nitrogens with zero attached hydrogens (tertiary/aromatic N) is 1. The number of benzene rings is 1. The van der Waals surface area contributed by atoms with Crippen molar-refractivity contribution in [2.75, 3.05) is 13.7 Å². The van der Waals surface area contributed by atoms with Gasteiger partial charge in [-0.05, 0) is 38.0 Å². The molecule has 1 aliphatic heterocycles. The summed E-state index contributed by atoms with van der Waals surface area (Å²) in [6.07, 6.45) is 0.854. The molecule has 1 fully saturated rings. The van der Waals surface area contributed by atoms with Gasteiger partial charge in [-0.3, -0.25) is 4.79 Å². The molecule has 0 radical (unpaired) electrons. The molecule has 1 heterocycles. The minimum absolute atomic E-state index is 0.124. The minimum atomic E-state index is -0.156. The first kappa shape index (κ1) is 16.3. The summed E-state index contributed by atoms with van der Waals surface area (Å²) < 4.78 is 5.32. The maximum Gasteiger partial charge on any atom is 0.240 e. The quantitative estimate of drug-likeness (QED) is 0.908. The zero-order chi connectivity index (χ0) is 15.4. The molecule has 116 valence electrons. The molecular weight excluding hydrogens is 288 g/mol. The van der Waals surface area contributed by atoms with Crippen LogP contribution in [0.15, 0.2) is 24.3 Å². The Bertz CT molecular complexity index is 493. The molecule has 5 heteroatoms. The summed E-state index contributed by atoms with van der Waals surface area (Å²) in [4.78, 5) is 14.6. The van der Waals surface area contributed by atoms with Gasteiger partial charge in [-0.15, -0.1) is 0 Å². The highest BCUT2D eigenvalue weighted by Gasteiger charge is 2.33. The van der Waals surface area contributed by atoms with E-state index >= 15 is 0 Å². The third kappa shape index (κ3) is 4.19. The van der Waals surface area contributed by atoms with Crippen molar-refractivity contribution >= 4 is 17.5 Å². The van der Waals surface area contributed by atoms with Crippen LogP contribution in [0.3, 0.4) is 0 Å². The molecule has 2 unspecified atom stereocenters. The standard InChI is InChI=1S/C16H23ClN2O2/c1-11(2)19(10-12-5-4-6-13(17)7-12)16(20)15-8-14(21-3)9-18-15/h4-7,11,14-15,18H,8-10H2,1-3H3. The number of hydrogen-bond acceptors (Lipinski definition) is 3. The van der Waals surface area contributed by atoms with Crippen LogP contribution in [-0.2, 0) is 16.1 Å². The summed E-state index contributed by atoms with van der Waals surface area (Å²) in [5.41, 5.74) is 1.05. The van der Waals surface area contributed by atoms with E-state index in [9.17, 15) is 4.79 Å². The number of halogens is 1. The molecule has 2 rings (SSSR count). The Kier molecular flexibility index (Phi) is 5.62. The van der Waals surface area contributed by atoms with Gasteiger partial charge in [0.2, 0.25) is 5.91 Å². The molecule has 4 nitrogen and oxygen atoms in total. The molecule has 0 spiro atoms. The molecule has 1 aliphatic rings. The number of hydrogen-bond donors (Lipinski definition) is 1. The van der Waals surface area contributed by atoms with E-state index in [1.54, 1.807) is 7.11 Å². The van der Waals surface area contributed by atoms with Crippen LogP contribution < -0.4 is 5.32 Å². The van der Waals surface area contributed by atoms with E-state index in [1.807, 2.05) is 43.0 Å². The van der Waals surface area contributed by atoms with Gasteiger partial charge in [0.25, 0.3) is 0 Å². The molecular formula is C16H23ClN2O2. The van der Waals surface area contributed by atoms with E-state index in [-0.39, 0.29) is 24.1 Å². The van der Waals surface area contributed by atoms with Gasteiger partial charge in [0.05, 0.1) is 12.1 Å². The zero-order valence-corrected chi connectivity index (χ0v) is 13.6. The number of nitrogens with one attached hydrogen (secondary N) is 1. The van der Waals surface area contributed by atoms with Crippen LogP contribution in [0.1, 0.15) is 25.8 Å². The molecule has 1 saturated heterocycles. The maximum absolute atomic E-state index is 12.7. The smallest absolute Gasteiger partial charge is 0.240 e. The Morgan fingerprint density at radius 1 is 1.52 bits per heavy atom. The molecule has 1 aromatic carbocycles. The van der Waals surface area contributed by atoms with Crippen LogP contribution in [0.25, 0.3) is 0 Å². The second kappa shape index (κ2) is 7.25. The molecule has 1 N–H and O–H groups in total. The molecule has 21 heavy (non-hydrogen) atoms. The molecule has 1 aromatic rings. The fourth-order valence-corrected chi connectivity index (χ4v) is 2.83. The lowest BCUT2D eigenvalue weighted by atomic mass is 10.1. The predicted octanol–water partition coefficient (Wildman–Crippen LogP) is 2.45. The minimum Gasteiger partial charge on any atom is -0.380 e. The molecule has 0 saturated carbocycles. The number of carbonyl (C=O) groups is 1. The lowest BCUT2D eigenvalue weighted by Gasteiger charge is -2.29. The SMILES string of the molecule is COC1CNC(C(=O)N(Cc2cccc(Cl)c2)C(C)C)C1. The highest BCUT2D eigenvalue weighted by Crippen LogP contribution is 2.18. The molecule has 0 bridgehead atoms. The maximum atomic E-state index is 12.7. The molecule has 2 atom stereocenters. The summed E-state index contributed by atoms with van der Waals surface area (Å²) in [5.74, 6) is 0.129. The van der Waals surface area contributed by atoms with Gasteiger partial charge in [-0.1, -0.05) is 23.7 Å². The van der Waals surface area contributed by atoms with Crippen molar-refractivity contribution in [2.45, 2.75) is 45.0 Å². The van der Waals surface area contributed by atoms with Crippen LogP contribution in [0.2, 0.25) is 5.02 Å². The first-order valence-electron chi connectivity index (χ1n) is 7.32. The third-order valence-corrected chi connectivity index (χ3v) is 4.11. The summed E-state index contributed by atoms with van der Waals surface area (Å²) >= 11 is 6.02. The summed E-state index contributed by atoms with van der Waals surface area (Å²) in [6.45, 7) is 5.37. The summed E-state index contributed by atoms with van der Waals surface area (Å²) in [6, 6.07) is 7.64. The normalized spacial score (nSPS) is 21.8. The van der Waals surface area contributed by atoms with Crippen LogP contribution >= 0.6 is 11.6 Å². The van der Waals surface area contributed by atoms with Crippen molar-refractivity contribution in [1.82, 2.24) is 10.2 Å². The van der Waals surface area contributed by atoms with E-state index < -0.39 is 0 Å². The van der Waals surface area contributed by atoms with E-state index in [4.69, 9.17) is 16.3 Å². The predicted molar refractivity (Wildman–Crippen MR) is 84.3 cm³/mol. The Labute approximate surface area is 131 Å². The number of methoxy groups -OCH3 is 1. The van der Waals surface area contributed by atoms with E-state index in [0.29, 0.717) is 11.6 Å². The zero-order valence-electron chi connectivity index (χ0n) is 12.8. The third-order valence-electron chi connectivity index (χ3n) is 3.87. The van der Waals surface area contributed by atoms with Gasteiger partial charge < -0.3 is 15.0 Å². The Hall–Kier alpha value is -1.10. The highest BCUT2D eigenvalue weighted by atomic mass is 35.5. The van der Waals surface area contributed by atoms with Gasteiger partial charge in [0, 0.05) is 31.3 Å². The second-order valence-electron chi connectivity index (χ2n) is 5.74. The Morgan fingerprint density at radius 2 is 2.29 bits per heavy atom. The molecule has 0 aromatic heterocycles. The number of rotatable bonds is 5. The Morgan fingerprint density at radius 3 is 2.86 bits per heavy atom. The lowest BCUT2D eigenvalue weighted by molar-refractivity contribution is -0.135. The summed E-state index contributed by atoms with van der Waals surface area (Å²) in [7, 11) is 1.69. The van der Waals surface area contributed by atoms with Crippen LogP contribution in [0.4, 0.5) is 0 Å². The van der Waals surface area contributed by atoms with Crippen molar-refractivity contribution in [3.63, 3.8) is 0 Å². The number of carbonyl (C=O) groups excluding carboxylic acids is 1. The van der Waals surface area contributed by atoms with Crippen molar-refractivity contribution < 1.29 is 9.53 Å². The van der Waals surface area contributed by atoms with Gasteiger partial charge in [-0.25, -0.2) is 0 Å². The fraction of sp³-hybridized carbons (Fsp3) is 0.562. The first-order valence-corrected chi connectivity index (χ1v) is 7.70. The number of amides is 1. The van der Waals surface area contributed by atoms with Crippen LogP contribution in [0.5, 0.6) is 0 Å². The van der Waals surface area contributed by atoms with Crippen molar-refractivity contribution in [3.8, 4) is 0 Å².